The van der Waals surface area contributed by atoms with E-state index in [9.17, 15) is 25.9 Å². The van der Waals surface area contributed by atoms with E-state index >= 15 is 0 Å². The number of anilines is 12. The molecule has 0 radical (unpaired) electrons. The van der Waals surface area contributed by atoms with Crippen molar-refractivity contribution in [2.24, 2.45) is 0 Å². The smallest absolute Gasteiger partial charge is 0.294 e. The van der Waals surface area contributed by atoms with Crippen LogP contribution in [0.25, 0.3) is 66.2 Å². The highest BCUT2D eigenvalue weighted by molar-refractivity contribution is 7.86. The highest BCUT2D eigenvalue weighted by Crippen LogP contribution is 2.49. The first-order valence-corrected chi connectivity index (χ1v) is 44.1. The molecule has 3 aliphatic heterocycles. The Balaban J connectivity index is 0.000000126. The number of benzene rings is 12. The summed E-state index contributed by atoms with van der Waals surface area (Å²) in [6.45, 7) is 7.70. The van der Waals surface area contributed by atoms with Gasteiger partial charge in [0.2, 0.25) is 0 Å². The zero-order chi connectivity index (χ0) is 84.7. The Hall–Kier alpha value is -14.7. The van der Waals surface area contributed by atoms with Crippen molar-refractivity contribution in [3.63, 3.8) is 0 Å². The monoisotopic (exact) mass is 1670 g/mol. The average Bonchev–Trinajstić information content (AvgIpc) is 0.741. The summed E-state index contributed by atoms with van der Waals surface area (Å²) < 4.78 is 65.0. The molecule has 614 valence electrons. The first-order chi connectivity index (χ1) is 60.7. The van der Waals surface area contributed by atoms with E-state index in [0.717, 1.165) is 154 Å². The van der Waals surface area contributed by atoms with Crippen LogP contribution in [0.3, 0.4) is 0 Å². The number of rotatable bonds is 20. The summed E-state index contributed by atoms with van der Waals surface area (Å²) >= 11 is 0. The van der Waals surface area contributed by atoms with E-state index in [1.54, 1.807) is 24.3 Å². The molecule has 24 nitrogen and oxygen atoms in total. The first kappa shape index (κ1) is 80.4. The van der Waals surface area contributed by atoms with E-state index in [0.29, 0.717) is 71.3 Å². The largest absolute Gasteiger partial charge is 0.304 e. The van der Waals surface area contributed by atoms with E-state index in [2.05, 4.69) is 141 Å². The Morgan fingerprint density at radius 2 is 0.306 bits per heavy atom. The minimum absolute atomic E-state index is 0.178. The standard InChI is InChI=1S/C32H26N6O6S2.2C32H26N6.C2H6/c39-45(40,41)23-13-9-21(10-14-23)17-19-37-29-30(34-26-6-2-1-5-25(26)33-29)38(20-18-22-11-15-24(16-12-22)46(42,43)44)32-31(37)35-27-7-3-4-8-28(27)36-32;2*1-3-11-23(12-4-1)19-21-37-29-31(35-27-17-9-7-15-25(27)33-29)38(22-20-24-13-5-2-6-14-24)32-30(37)34-26-16-8-10-18-28(26)36-32;1-2/h1-16H,17-20H2,(H,39,40,41)(H,42,43,44);2*1-18H,19-22H2;1-2H3. The molecule has 26 heteroatoms. The summed E-state index contributed by atoms with van der Waals surface area (Å²) in [5.41, 5.74) is 16.5. The summed E-state index contributed by atoms with van der Waals surface area (Å²) in [5.74, 6) is 8.89. The van der Waals surface area contributed by atoms with Crippen molar-refractivity contribution in [1.82, 2.24) is 59.8 Å². The fourth-order valence-electron chi connectivity index (χ4n) is 15.6. The van der Waals surface area contributed by atoms with Crippen molar-refractivity contribution in [2.75, 3.05) is 68.7 Å². The Kier molecular flexibility index (Phi) is 23.0. The second kappa shape index (κ2) is 35.5. The lowest BCUT2D eigenvalue weighted by molar-refractivity contribution is 0.481. The number of hydrogen-bond donors (Lipinski definition) is 2. The zero-order valence-electron chi connectivity index (χ0n) is 67.9. The third-order valence-corrected chi connectivity index (χ3v) is 23.6. The van der Waals surface area contributed by atoms with E-state index in [1.807, 2.05) is 169 Å². The van der Waals surface area contributed by atoms with Crippen LogP contribution in [0.5, 0.6) is 0 Å². The molecule has 0 fully saturated rings. The number of nitrogens with zero attached hydrogens (tertiary/aromatic N) is 18. The summed E-state index contributed by atoms with van der Waals surface area (Å²) in [5, 5.41) is 0. The Bertz CT molecular complexity index is 6220. The van der Waals surface area contributed by atoms with Crippen LogP contribution in [0.15, 0.2) is 325 Å². The molecule has 18 aromatic rings. The molecule has 2 N–H and O–H groups in total. The van der Waals surface area contributed by atoms with Crippen LogP contribution in [0.4, 0.5) is 69.8 Å². The van der Waals surface area contributed by atoms with E-state index in [4.69, 9.17) is 59.8 Å². The van der Waals surface area contributed by atoms with Gasteiger partial charge in [-0.2, -0.15) is 16.8 Å². The first-order valence-electron chi connectivity index (χ1n) is 41.3. The van der Waals surface area contributed by atoms with Gasteiger partial charge in [-0.05, 0) is 169 Å². The van der Waals surface area contributed by atoms with Crippen LogP contribution in [-0.2, 0) is 58.8 Å². The van der Waals surface area contributed by atoms with Crippen LogP contribution in [0, 0.1) is 0 Å². The molecule has 3 aliphatic rings. The molecule has 0 saturated heterocycles. The SMILES string of the molecule is CC.O=S(=O)(O)c1ccc(CCN2c3nc4ccccc4nc3N(CCc3ccc(S(=O)(=O)O)cc3)c3nc4ccccc4nc32)cc1.c1ccc(CCN2c3nc4ccccc4nc3N(CCc3ccccc3)c3nc4ccccc4nc32)cc1.c1ccc(CCN2c3nc4ccccc4nc3N(CCc3ccccc3)c3nc4ccccc4nc32)cc1. The fraction of sp³-hybridized carbons (Fsp3) is 0.143. The maximum Gasteiger partial charge on any atom is 0.294 e. The van der Waals surface area contributed by atoms with E-state index in [1.165, 1.54) is 46.5 Å². The minimum atomic E-state index is -4.31. The lowest BCUT2D eigenvalue weighted by Gasteiger charge is -2.37. The third-order valence-electron chi connectivity index (χ3n) is 21.8. The summed E-state index contributed by atoms with van der Waals surface area (Å²) in [6, 6.07) is 102. The van der Waals surface area contributed by atoms with Crippen LogP contribution >= 0.6 is 0 Å². The molecule has 9 heterocycles. The topological polar surface area (TPSA) is 283 Å². The quantitative estimate of drug-likeness (QED) is 0.0670. The van der Waals surface area contributed by atoms with Crippen LogP contribution in [0.1, 0.15) is 47.2 Å². The normalized spacial score (nSPS) is 12.6. The lowest BCUT2D eigenvalue weighted by Crippen LogP contribution is -2.35. The molecule has 0 saturated carbocycles. The molecule has 0 bridgehead atoms. The van der Waals surface area contributed by atoms with Crippen LogP contribution in [0.2, 0.25) is 0 Å². The average molecular weight is 1670 g/mol. The molecule has 0 spiro atoms. The van der Waals surface area contributed by atoms with Crippen molar-refractivity contribution in [3.05, 3.63) is 349 Å². The van der Waals surface area contributed by atoms with Crippen LogP contribution in [-0.4, -0.2) is 125 Å². The molecule has 12 aromatic carbocycles. The third kappa shape index (κ3) is 17.2. The molecule has 0 aliphatic carbocycles. The molecule has 21 rings (SSSR count). The van der Waals surface area contributed by atoms with Gasteiger partial charge in [-0.25, -0.2) is 59.8 Å². The van der Waals surface area contributed by atoms with Crippen molar-refractivity contribution >= 4 is 156 Å². The molecular weight excluding hydrogens is 1590 g/mol. The van der Waals surface area contributed by atoms with Gasteiger partial charge >= 0.3 is 0 Å². The van der Waals surface area contributed by atoms with Gasteiger partial charge in [-0.3, -0.25) is 9.11 Å². The maximum absolute atomic E-state index is 11.5. The molecular formula is C98H84N18O6S2. The molecule has 0 amide bonds. The van der Waals surface area contributed by atoms with Crippen LogP contribution < -0.4 is 29.4 Å². The minimum Gasteiger partial charge on any atom is -0.304 e. The Morgan fingerprint density at radius 3 is 0.435 bits per heavy atom. The summed E-state index contributed by atoms with van der Waals surface area (Å²) in [4.78, 5) is 73.7. The Morgan fingerprint density at radius 1 is 0.185 bits per heavy atom. The van der Waals surface area contributed by atoms with E-state index < -0.39 is 20.2 Å². The van der Waals surface area contributed by atoms with Gasteiger partial charge in [0, 0.05) is 39.3 Å². The van der Waals surface area contributed by atoms with Crippen molar-refractivity contribution in [1.29, 1.82) is 0 Å². The van der Waals surface area contributed by atoms with Crippen molar-refractivity contribution < 1.29 is 25.9 Å². The fourth-order valence-corrected chi connectivity index (χ4v) is 16.6. The van der Waals surface area contributed by atoms with Gasteiger partial charge in [0.15, 0.2) is 69.8 Å². The van der Waals surface area contributed by atoms with Crippen molar-refractivity contribution in [3.8, 4) is 0 Å². The highest BCUT2D eigenvalue weighted by atomic mass is 32.2. The molecule has 124 heavy (non-hydrogen) atoms. The predicted molar refractivity (Wildman–Crippen MR) is 491 cm³/mol. The Labute approximate surface area is 717 Å². The summed E-state index contributed by atoms with van der Waals surface area (Å²) in [7, 11) is -8.61. The van der Waals surface area contributed by atoms with Gasteiger partial charge in [-0.15, -0.1) is 0 Å². The lowest BCUT2D eigenvalue weighted by atomic mass is 10.1. The van der Waals surface area contributed by atoms with Gasteiger partial charge in [-0.1, -0.05) is 232 Å². The predicted octanol–water partition coefficient (Wildman–Crippen LogP) is 19.5. The summed E-state index contributed by atoms with van der Waals surface area (Å²) in [6.07, 6.45) is 4.40. The maximum atomic E-state index is 11.5. The van der Waals surface area contributed by atoms with Gasteiger partial charge in [0.05, 0.1) is 76.0 Å². The zero-order valence-corrected chi connectivity index (χ0v) is 69.5. The molecule has 6 aromatic heterocycles. The number of para-hydroxylation sites is 12. The van der Waals surface area contributed by atoms with E-state index in [-0.39, 0.29) is 9.79 Å². The number of hydrogen-bond acceptors (Lipinski definition) is 22. The van der Waals surface area contributed by atoms with Gasteiger partial charge < -0.3 is 29.4 Å². The van der Waals surface area contributed by atoms with Gasteiger partial charge in [0.1, 0.15) is 0 Å². The number of aromatic nitrogens is 12. The van der Waals surface area contributed by atoms with Gasteiger partial charge in [0.25, 0.3) is 20.2 Å². The number of fused-ring (bicyclic) bond motifs is 12. The van der Waals surface area contributed by atoms with Crippen molar-refractivity contribution in [2.45, 2.75) is 62.2 Å². The molecule has 0 unspecified atom stereocenters. The second-order valence-electron chi connectivity index (χ2n) is 29.7. The highest BCUT2D eigenvalue weighted by Gasteiger charge is 2.38. The second-order valence-corrected chi connectivity index (χ2v) is 32.6. The molecule has 0 atom stereocenters.